The van der Waals surface area contributed by atoms with Crippen LogP contribution in [0.2, 0.25) is 0 Å². The van der Waals surface area contributed by atoms with Crippen molar-refractivity contribution in [3.63, 3.8) is 0 Å². The van der Waals surface area contributed by atoms with E-state index in [0.29, 0.717) is 17.9 Å². The van der Waals surface area contributed by atoms with Crippen molar-refractivity contribution in [1.82, 2.24) is 9.97 Å². The maximum Gasteiger partial charge on any atom is 0.270 e. The number of ether oxygens (including phenoxy) is 1. The van der Waals surface area contributed by atoms with Gasteiger partial charge < -0.3 is 4.74 Å². The standard InChI is InChI=1S/C19H16N4O4/c24-18(13-27-12-14-5-2-1-3-6-14)22-19-20-10-9-17(21-19)15-7-4-8-16(11-15)23(25)26/h1-11H,12-13H2,(H,20,21,22,24). The number of benzene rings is 2. The molecule has 0 fully saturated rings. The Kier molecular flexibility index (Phi) is 5.80. The van der Waals surface area contributed by atoms with E-state index in [9.17, 15) is 14.9 Å². The number of amides is 1. The zero-order chi connectivity index (χ0) is 19.1. The molecule has 0 spiro atoms. The molecule has 0 saturated carbocycles. The Balaban J connectivity index is 1.61. The second-order valence-electron chi connectivity index (χ2n) is 5.60. The molecule has 0 atom stereocenters. The molecule has 0 bridgehead atoms. The monoisotopic (exact) mass is 364 g/mol. The van der Waals surface area contributed by atoms with Crippen molar-refractivity contribution in [3.8, 4) is 11.3 Å². The predicted molar refractivity (Wildman–Crippen MR) is 98.9 cm³/mol. The maximum absolute atomic E-state index is 12.0. The van der Waals surface area contributed by atoms with Gasteiger partial charge in [-0.25, -0.2) is 9.97 Å². The van der Waals surface area contributed by atoms with Gasteiger partial charge in [-0.3, -0.25) is 20.2 Å². The van der Waals surface area contributed by atoms with Gasteiger partial charge in [-0.15, -0.1) is 0 Å². The first-order valence-corrected chi connectivity index (χ1v) is 8.11. The average Bonchev–Trinajstić information content (AvgIpc) is 2.69. The average molecular weight is 364 g/mol. The van der Waals surface area contributed by atoms with Crippen molar-refractivity contribution in [1.29, 1.82) is 0 Å². The first-order chi connectivity index (χ1) is 13.1. The van der Waals surface area contributed by atoms with Gasteiger partial charge in [0, 0.05) is 23.9 Å². The van der Waals surface area contributed by atoms with E-state index in [1.54, 1.807) is 18.2 Å². The Bertz CT molecular complexity index is 947. The van der Waals surface area contributed by atoms with Gasteiger partial charge in [-0.2, -0.15) is 0 Å². The number of nitro benzene ring substituents is 1. The summed E-state index contributed by atoms with van der Waals surface area (Å²) in [4.78, 5) is 30.6. The molecule has 0 saturated heterocycles. The molecule has 0 radical (unpaired) electrons. The highest BCUT2D eigenvalue weighted by molar-refractivity contribution is 5.90. The Hall–Kier alpha value is -3.65. The van der Waals surface area contributed by atoms with E-state index in [1.165, 1.54) is 18.3 Å². The molecule has 8 nitrogen and oxygen atoms in total. The van der Waals surface area contributed by atoms with Crippen molar-refractivity contribution < 1.29 is 14.5 Å². The fourth-order valence-corrected chi connectivity index (χ4v) is 2.36. The Labute approximate surface area is 155 Å². The molecule has 3 aromatic rings. The first kappa shape index (κ1) is 18.2. The molecule has 27 heavy (non-hydrogen) atoms. The lowest BCUT2D eigenvalue weighted by molar-refractivity contribution is -0.384. The summed E-state index contributed by atoms with van der Waals surface area (Å²) in [5.74, 6) is -0.283. The predicted octanol–water partition coefficient (Wildman–Crippen LogP) is 3.21. The number of hydrogen-bond acceptors (Lipinski definition) is 6. The van der Waals surface area contributed by atoms with Gasteiger partial charge in [0.1, 0.15) is 6.61 Å². The van der Waals surface area contributed by atoms with Gasteiger partial charge in [0.25, 0.3) is 11.6 Å². The molecule has 1 N–H and O–H groups in total. The van der Waals surface area contributed by atoms with Gasteiger partial charge in [-0.05, 0) is 11.6 Å². The smallest absolute Gasteiger partial charge is 0.270 e. The fraction of sp³-hybridized carbons (Fsp3) is 0.105. The number of nitrogens with one attached hydrogen (secondary N) is 1. The minimum Gasteiger partial charge on any atom is -0.367 e. The van der Waals surface area contributed by atoms with Crippen LogP contribution >= 0.6 is 0 Å². The summed E-state index contributed by atoms with van der Waals surface area (Å²) < 4.78 is 5.37. The maximum atomic E-state index is 12.0. The quantitative estimate of drug-likeness (QED) is 0.509. The Morgan fingerprint density at radius 3 is 2.70 bits per heavy atom. The third-order valence-electron chi connectivity index (χ3n) is 3.60. The third-order valence-corrected chi connectivity index (χ3v) is 3.60. The Morgan fingerprint density at radius 2 is 1.93 bits per heavy atom. The second-order valence-corrected chi connectivity index (χ2v) is 5.60. The highest BCUT2D eigenvalue weighted by Gasteiger charge is 2.10. The molecule has 1 aromatic heterocycles. The van der Waals surface area contributed by atoms with E-state index in [1.807, 2.05) is 30.3 Å². The fourth-order valence-electron chi connectivity index (χ4n) is 2.36. The molecule has 0 aliphatic heterocycles. The lowest BCUT2D eigenvalue weighted by Gasteiger charge is -2.07. The minimum atomic E-state index is -0.475. The zero-order valence-corrected chi connectivity index (χ0v) is 14.2. The van der Waals surface area contributed by atoms with Crippen LogP contribution in [0, 0.1) is 10.1 Å². The van der Waals surface area contributed by atoms with Gasteiger partial charge >= 0.3 is 0 Å². The van der Waals surface area contributed by atoms with Crippen LogP contribution in [-0.4, -0.2) is 27.4 Å². The number of aromatic nitrogens is 2. The Morgan fingerprint density at radius 1 is 1.11 bits per heavy atom. The summed E-state index contributed by atoms with van der Waals surface area (Å²) in [6.07, 6.45) is 1.47. The van der Waals surface area contributed by atoms with Crippen LogP contribution in [0.1, 0.15) is 5.56 Å². The topological polar surface area (TPSA) is 107 Å². The third kappa shape index (κ3) is 5.16. The molecule has 1 amide bonds. The molecule has 8 heteroatoms. The van der Waals surface area contributed by atoms with Crippen LogP contribution < -0.4 is 5.32 Å². The summed E-state index contributed by atoms with van der Waals surface area (Å²) in [7, 11) is 0. The molecule has 1 heterocycles. The number of nitrogens with zero attached hydrogens (tertiary/aromatic N) is 3. The SMILES string of the molecule is O=C(COCc1ccccc1)Nc1nccc(-c2cccc([N+](=O)[O-])c2)n1. The molecule has 0 aliphatic carbocycles. The van der Waals surface area contributed by atoms with Gasteiger partial charge in [-0.1, -0.05) is 42.5 Å². The molecule has 3 rings (SSSR count). The van der Waals surface area contributed by atoms with Gasteiger partial charge in [0.2, 0.25) is 5.95 Å². The van der Waals surface area contributed by atoms with E-state index < -0.39 is 4.92 Å². The van der Waals surface area contributed by atoms with Crippen LogP contribution in [0.25, 0.3) is 11.3 Å². The van der Waals surface area contributed by atoms with Crippen LogP contribution in [0.5, 0.6) is 0 Å². The molecule has 0 aliphatic rings. The summed E-state index contributed by atoms with van der Waals surface area (Å²) in [5.41, 5.74) is 1.96. The van der Waals surface area contributed by atoms with Crippen LogP contribution in [0.15, 0.2) is 66.9 Å². The van der Waals surface area contributed by atoms with E-state index in [2.05, 4.69) is 15.3 Å². The number of nitro groups is 1. The molecule has 2 aromatic carbocycles. The van der Waals surface area contributed by atoms with E-state index in [4.69, 9.17) is 4.74 Å². The number of non-ortho nitro benzene ring substituents is 1. The number of carbonyl (C=O) groups is 1. The normalized spacial score (nSPS) is 10.4. The van der Waals surface area contributed by atoms with Crippen molar-refractivity contribution in [2.24, 2.45) is 0 Å². The lowest BCUT2D eigenvalue weighted by Crippen LogP contribution is -2.19. The van der Waals surface area contributed by atoms with E-state index in [0.717, 1.165) is 5.56 Å². The highest BCUT2D eigenvalue weighted by Crippen LogP contribution is 2.22. The van der Waals surface area contributed by atoms with Gasteiger partial charge in [0.05, 0.1) is 17.2 Å². The number of carbonyl (C=O) groups excluding carboxylic acids is 1. The summed E-state index contributed by atoms with van der Waals surface area (Å²) in [6, 6.07) is 17.2. The number of anilines is 1. The largest absolute Gasteiger partial charge is 0.367 e. The number of hydrogen-bond donors (Lipinski definition) is 1. The zero-order valence-electron chi connectivity index (χ0n) is 14.2. The van der Waals surface area contributed by atoms with Gasteiger partial charge in [0.15, 0.2) is 0 Å². The number of rotatable bonds is 7. The van der Waals surface area contributed by atoms with Crippen LogP contribution in [0.3, 0.4) is 0 Å². The first-order valence-electron chi connectivity index (χ1n) is 8.11. The molecular formula is C19H16N4O4. The molecular weight excluding hydrogens is 348 g/mol. The van der Waals surface area contributed by atoms with Crippen molar-refractivity contribution in [2.75, 3.05) is 11.9 Å². The second kappa shape index (κ2) is 8.63. The summed E-state index contributed by atoms with van der Waals surface area (Å²) in [5, 5.41) is 13.5. The van der Waals surface area contributed by atoms with E-state index in [-0.39, 0.29) is 24.1 Å². The van der Waals surface area contributed by atoms with Crippen molar-refractivity contribution in [2.45, 2.75) is 6.61 Å². The summed E-state index contributed by atoms with van der Waals surface area (Å²) >= 11 is 0. The van der Waals surface area contributed by atoms with Crippen molar-refractivity contribution >= 4 is 17.5 Å². The minimum absolute atomic E-state index is 0.0361. The lowest BCUT2D eigenvalue weighted by atomic mass is 10.1. The van der Waals surface area contributed by atoms with Crippen LogP contribution in [0.4, 0.5) is 11.6 Å². The molecule has 136 valence electrons. The van der Waals surface area contributed by atoms with Crippen LogP contribution in [-0.2, 0) is 16.1 Å². The molecule has 0 unspecified atom stereocenters. The van der Waals surface area contributed by atoms with E-state index >= 15 is 0 Å². The summed E-state index contributed by atoms with van der Waals surface area (Å²) in [6.45, 7) is 0.183. The van der Waals surface area contributed by atoms with Crippen molar-refractivity contribution in [3.05, 3.63) is 82.5 Å². The highest BCUT2D eigenvalue weighted by atomic mass is 16.6.